The number of amides is 1. The quantitative estimate of drug-likeness (QED) is 0.682. The number of ether oxygens (including phenoxy) is 1. The van der Waals surface area contributed by atoms with Crippen LogP contribution in [0.2, 0.25) is 0 Å². The maximum absolute atomic E-state index is 12.4. The number of unbranched alkanes of at least 4 members (excludes halogenated alkanes) is 2. The van der Waals surface area contributed by atoms with Crippen molar-refractivity contribution in [1.29, 1.82) is 0 Å². The first-order chi connectivity index (χ1) is 10.7. The Morgan fingerprint density at radius 2 is 1.82 bits per heavy atom. The molecule has 3 nitrogen and oxygen atoms in total. The molecular weight excluding hydrogens is 342 g/mol. The van der Waals surface area contributed by atoms with E-state index in [0.717, 1.165) is 23.7 Å². The molecule has 0 saturated heterocycles. The summed E-state index contributed by atoms with van der Waals surface area (Å²) in [6.07, 6.45) is 3.32. The molecule has 0 spiro atoms. The lowest BCUT2D eigenvalue weighted by Gasteiger charge is -2.13. The second kappa shape index (κ2) is 8.59. The molecule has 0 saturated carbocycles. The number of carbonyl (C=O) groups excluding carboxylic acids is 1. The van der Waals surface area contributed by atoms with Crippen molar-refractivity contribution in [2.45, 2.75) is 26.2 Å². The Balaban J connectivity index is 2.06. The van der Waals surface area contributed by atoms with Gasteiger partial charge in [0, 0.05) is 4.47 Å². The van der Waals surface area contributed by atoms with Crippen LogP contribution in [0.25, 0.3) is 0 Å². The lowest BCUT2D eigenvalue weighted by atomic mass is 10.2. The zero-order valence-corrected chi connectivity index (χ0v) is 14.2. The number of hydrogen-bond acceptors (Lipinski definition) is 2. The second-order valence-corrected chi connectivity index (χ2v) is 5.84. The normalized spacial score (nSPS) is 10.3. The van der Waals surface area contributed by atoms with E-state index in [-0.39, 0.29) is 5.91 Å². The van der Waals surface area contributed by atoms with E-state index in [1.165, 1.54) is 0 Å². The smallest absolute Gasteiger partial charge is 0.256 e. The number of carbonyl (C=O) groups is 1. The molecule has 0 aromatic heterocycles. The van der Waals surface area contributed by atoms with E-state index >= 15 is 0 Å². The van der Waals surface area contributed by atoms with Gasteiger partial charge in [-0.25, -0.2) is 0 Å². The summed E-state index contributed by atoms with van der Waals surface area (Å²) >= 11 is 3.40. The summed E-state index contributed by atoms with van der Waals surface area (Å²) in [5.41, 5.74) is 1.29. The third-order valence-electron chi connectivity index (χ3n) is 3.26. The number of halogens is 1. The number of nitrogens with one attached hydrogen (secondary N) is 1. The second-order valence-electron chi connectivity index (χ2n) is 4.99. The highest BCUT2D eigenvalue weighted by atomic mass is 79.9. The van der Waals surface area contributed by atoms with Crippen LogP contribution in [0.5, 0.6) is 5.75 Å². The summed E-state index contributed by atoms with van der Waals surface area (Å²) in [6, 6.07) is 14.9. The number of rotatable bonds is 7. The largest absolute Gasteiger partial charge is 0.491 e. The molecule has 116 valence electrons. The molecule has 22 heavy (non-hydrogen) atoms. The first-order valence-electron chi connectivity index (χ1n) is 7.50. The molecule has 2 aromatic carbocycles. The fraction of sp³-hybridized carbons (Fsp3) is 0.278. The molecule has 0 aliphatic rings. The van der Waals surface area contributed by atoms with Crippen LogP contribution in [0.15, 0.2) is 53.0 Å². The Hall–Kier alpha value is -1.81. The molecule has 0 aliphatic heterocycles. The van der Waals surface area contributed by atoms with E-state index < -0.39 is 0 Å². The van der Waals surface area contributed by atoms with Crippen LogP contribution in [0, 0.1) is 0 Å². The van der Waals surface area contributed by atoms with Crippen molar-refractivity contribution < 1.29 is 9.53 Å². The summed E-state index contributed by atoms with van der Waals surface area (Å²) in [5, 5.41) is 2.91. The molecule has 2 rings (SSSR count). The van der Waals surface area contributed by atoms with Crippen molar-refractivity contribution in [2.75, 3.05) is 11.9 Å². The first-order valence-corrected chi connectivity index (χ1v) is 8.29. The summed E-state index contributed by atoms with van der Waals surface area (Å²) in [4.78, 5) is 12.4. The van der Waals surface area contributed by atoms with Gasteiger partial charge in [0.2, 0.25) is 0 Å². The Morgan fingerprint density at radius 1 is 1.09 bits per heavy atom. The molecule has 2 aromatic rings. The van der Waals surface area contributed by atoms with E-state index in [9.17, 15) is 4.79 Å². The average Bonchev–Trinajstić information content (AvgIpc) is 2.53. The number of anilines is 1. The van der Waals surface area contributed by atoms with E-state index in [1.54, 1.807) is 6.07 Å². The van der Waals surface area contributed by atoms with Crippen LogP contribution in [-0.4, -0.2) is 12.5 Å². The SMILES string of the molecule is CCCCCOc1ccccc1NC(=O)c1ccccc1Br. The Labute approximate surface area is 139 Å². The average molecular weight is 362 g/mol. The van der Waals surface area contributed by atoms with Crippen LogP contribution in [-0.2, 0) is 0 Å². The Bertz CT molecular complexity index is 628. The molecule has 0 radical (unpaired) electrons. The molecule has 0 heterocycles. The van der Waals surface area contributed by atoms with Gasteiger partial charge in [0.15, 0.2) is 0 Å². The fourth-order valence-corrected chi connectivity index (χ4v) is 2.53. The lowest BCUT2D eigenvalue weighted by Crippen LogP contribution is -2.13. The molecule has 4 heteroatoms. The molecule has 0 unspecified atom stereocenters. The van der Waals surface area contributed by atoms with Gasteiger partial charge >= 0.3 is 0 Å². The van der Waals surface area contributed by atoms with Gasteiger partial charge in [-0.3, -0.25) is 4.79 Å². The van der Waals surface area contributed by atoms with Gasteiger partial charge in [-0.1, -0.05) is 44.0 Å². The van der Waals surface area contributed by atoms with Crippen LogP contribution >= 0.6 is 15.9 Å². The molecule has 0 atom stereocenters. The van der Waals surface area contributed by atoms with E-state index in [2.05, 4.69) is 28.2 Å². The van der Waals surface area contributed by atoms with Crippen molar-refractivity contribution in [3.63, 3.8) is 0 Å². The van der Waals surface area contributed by atoms with Crippen molar-refractivity contribution in [1.82, 2.24) is 0 Å². The van der Waals surface area contributed by atoms with E-state index in [4.69, 9.17) is 4.74 Å². The fourth-order valence-electron chi connectivity index (χ4n) is 2.06. The summed E-state index contributed by atoms with van der Waals surface area (Å²) in [7, 11) is 0. The molecule has 0 bridgehead atoms. The summed E-state index contributed by atoms with van der Waals surface area (Å²) in [5.74, 6) is 0.552. The zero-order valence-electron chi connectivity index (χ0n) is 12.6. The van der Waals surface area contributed by atoms with Gasteiger partial charge in [0.25, 0.3) is 5.91 Å². The standard InChI is InChI=1S/C18H20BrNO2/c1-2-3-8-13-22-17-12-7-6-11-16(17)20-18(21)14-9-4-5-10-15(14)19/h4-7,9-12H,2-3,8,13H2,1H3,(H,20,21). The van der Waals surface area contributed by atoms with Crippen molar-refractivity contribution in [2.24, 2.45) is 0 Å². The van der Waals surface area contributed by atoms with Crippen molar-refractivity contribution in [3.05, 3.63) is 58.6 Å². The maximum atomic E-state index is 12.4. The van der Waals surface area contributed by atoms with Gasteiger partial charge in [-0.2, -0.15) is 0 Å². The Morgan fingerprint density at radius 3 is 2.59 bits per heavy atom. The van der Waals surface area contributed by atoms with Crippen molar-refractivity contribution in [3.8, 4) is 5.75 Å². The highest BCUT2D eigenvalue weighted by molar-refractivity contribution is 9.10. The van der Waals surface area contributed by atoms with E-state index in [1.807, 2.05) is 42.5 Å². The van der Waals surface area contributed by atoms with Crippen LogP contribution in [0.1, 0.15) is 36.5 Å². The minimum absolute atomic E-state index is 0.155. The third-order valence-corrected chi connectivity index (χ3v) is 3.95. The molecule has 0 aliphatic carbocycles. The minimum Gasteiger partial charge on any atom is -0.491 e. The summed E-state index contributed by atoms with van der Waals surface area (Å²) < 4.78 is 6.55. The molecule has 1 amide bonds. The van der Waals surface area contributed by atoms with Crippen LogP contribution < -0.4 is 10.1 Å². The molecular formula is C18H20BrNO2. The lowest BCUT2D eigenvalue weighted by molar-refractivity contribution is 0.102. The maximum Gasteiger partial charge on any atom is 0.256 e. The van der Waals surface area contributed by atoms with Gasteiger partial charge in [-0.05, 0) is 46.6 Å². The monoisotopic (exact) mass is 361 g/mol. The highest BCUT2D eigenvalue weighted by Gasteiger charge is 2.12. The van der Waals surface area contributed by atoms with Crippen LogP contribution in [0.4, 0.5) is 5.69 Å². The Kier molecular flexibility index (Phi) is 6.46. The number of para-hydroxylation sites is 2. The topological polar surface area (TPSA) is 38.3 Å². The zero-order chi connectivity index (χ0) is 15.8. The van der Waals surface area contributed by atoms with Gasteiger partial charge in [0.1, 0.15) is 5.75 Å². The molecule has 0 fully saturated rings. The predicted molar refractivity (Wildman–Crippen MR) is 93.6 cm³/mol. The third kappa shape index (κ3) is 4.60. The van der Waals surface area contributed by atoms with E-state index in [0.29, 0.717) is 23.6 Å². The van der Waals surface area contributed by atoms with Crippen molar-refractivity contribution >= 4 is 27.5 Å². The number of hydrogen-bond donors (Lipinski definition) is 1. The minimum atomic E-state index is -0.155. The summed E-state index contributed by atoms with van der Waals surface area (Å²) in [6.45, 7) is 2.82. The van der Waals surface area contributed by atoms with Crippen LogP contribution in [0.3, 0.4) is 0 Å². The van der Waals surface area contributed by atoms with Gasteiger partial charge in [-0.15, -0.1) is 0 Å². The number of benzene rings is 2. The highest BCUT2D eigenvalue weighted by Crippen LogP contribution is 2.26. The van der Waals surface area contributed by atoms with Gasteiger partial charge in [0.05, 0.1) is 17.9 Å². The first kappa shape index (κ1) is 16.6. The predicted octanol–water partition coefficient (Wildman–Crippen LogP) is 5.27. The molecule has 1 N–H and O–H groups in total. The van der Waals surface area contributed by atoms with Gasteiger partial charge < -0.3 is 10.1 Å².